The highest BCUT2D eigenvalue weighted by atomic mass is 16.7. The number of carbonyl (C=O) groups is 1. The van der Waals surface area contributed by atoms with Gasteiger partial charge >= 0.3 is 5.97 Å². The van der Waals surface area contributed by atoms with E-state index < -0.39 is 5.60 Å². The van der Waals surface area contributed by atoms with E-state index in [0.29, 0.717) is 18.8 Å². The van der Waals surface area contributed by atoms with Crippen LogP contribution in [0.2, 0.25) is 0 Å². The molecule has 0 aromatic heterocycles. The van der Waals surface area contributed by atoms with E-state index in [-0.39, 0.29) is 46.3 Å². The fourth-order valence-corrected chi connectivity index (χ4v) is 10.4. The van der Waals surface area contributed by atoms with Gasteiger partial charge in [-0.25, -0.2) is 0 Å². The summed E-state index contributed by atoms with van der Waals surface area (Å²) in [5.41, 5.74) is -1.60. The maximum atomic E-state index is 12.1. The minimum absolute atomic E-state index is 0.0706. The minimum Gasteiger partial charge on any atom is -0.462 e. The Morgan fingerprint density at radius 3 is 2.43 bits per heavy atom. The van der Waals surface area contributed by atoms with Crippen LogP contribution in [0.4, 0.5) is 0 Å². The molecule has 198 valence electrons. The van der Waals surface area contributed by atoms with Gasteiger partial charge < -0.3 is 19.3 Å². The Bertz CT molecular complexity index is 903. The molecule has 2 heterocycles. The molecule has 6 fully saturated rings. The minimum atomic E-state index is -0.906. The van der Waals surface area contributed by atoms with E-state index in [1.165, 1.54) is 32.6 Å². The lowest BCUT2D eigenvalue weighted by Gasteiger charge is -2.60. The molecule has 0 amide bonds. The van der Waals surface area contributed by atoms with Crippen molar-refractivity contribution in [2.45, 2.75) is 141 Å². The standard InChI is InChI=1S/C30H48O5/c1-17(2)18(3)8-9-19(4)22-10-11-23-26(22,6)15-25-30(35-25)27(7)13-12-21(33-20(5)31)14-28(27,32)16-24-29(23,30)34-24/h17-19,21-25,32H,8-16H2,1-7H3/t18-,19+,21+,22-,23-,24+,25+,26+,27-,28-,29+,30+/m0/s1. The number of epoxide rings is 2. The van der Waals surface area contributed by atoms with Gasteiger partial charge in [-0.3, -0.25) is 4.79 Å². The molecule has 4 saturated carbocycles. The zero-order chi connectivity index (χ0) is 25.2. The Morgan fingerprint density at radius 1 is 1.00 bits per heavy atom. The summed E-state index contributed by atoms with van der Waals surface area (Å²) in [6.45, 7) is 15.9. The van der Waals surface area contributed by atoms with Crippen LogP contribution in [0.15, 0.2) is 0 Å². The molecule has 0 bridgehead atoms. The van der Waals surface area contributed by atoms with Crippen molar-refractivity contribution in [3.05, 3.63) is 0 Å². The maximum Gasteiger partial charge on any atom is 0.302 e. The molecule has 0 unspecified atom stereocenters. The van der Waals surface area contributed by atoms with Crippen molar-refractivity contribution >= 4 is 5.97 Å². The van der Waals surface area contributed by atoms with Crippen LogP contribution in [0.5, 0.6) is 0 Å². The van der Waals surface area contributed by atoms with Gasteiger partial charge in [-0.15, -0.1) is 0 Å². The summed E-state index contributed by atoms with van der Waals surface area (Å²) >= 11 is 0. The summed E-state index contributed by atoms with van der Waals surface area (Å²) in [6, 6.07) is 0. The van der Waals surface area contributed by atoms with Gasteiger partial charge in [0.25, 0.3) is 0 Å². The normalized spacial score (nSPS) is 55.1. The first-order valence-electron chi connectivity index (χ1n) is 14.6. The Morgan fingerprint density at radius 2 is 1.74 bits per heavy atom. The highest BCUT2D eigenvalue weighted by Gasteiger charge is 2.96. The molecule has 2 saturated heterocycles. The molecule has 0 aromatic carbocycles. The van der Waals surface area contributed by atoms with Crippen molar-refractivity contribution < 1.29 is 24.1 Å². The number of hydrogen-bond acceptors (Lipinski definition) is 5. The van der Waals surface area contributed by atoms with E-state index in [9.17, 15) is 9.90 Å². The first kappa shape index (κ1) is 24.7. The van der Waals surface area contributed by atoms with E-state index in [1.54, 1.807) is 0 Å². The van der Waals surface area contributed by atoms with Crippen LogP contribution in [0.25, 0.3) is 0 Å². The first-order chi connectivity index (χ1) is 16.3. The van der Waals surface area contributed by atoms with Crippen molar-refractivity contribution in [1.82, 2.24) is 0 Å². The molecule has 2 spiro atoms. The number of esters is 1. The Balaban J connectivity index is 1.26. The van der Waals surface area contributed by atoms with Gasteiger partial charge in [0.15, 0.2) is 0 Å². The maximum absolute atomic E-state index is 12.1. The third-order valence-electron chi connectivity index (χ3n) is 12.8. The van der Waals surface area contributed by atoms with Crippen molar-refractivity contribution in [1.29, 1.82) is 0 Å². The summed E-state index contributed by atoms with van der Waals surface area (Å²) < 4.78 is 19.2. The molecule has 35 heavy (non-hydrogen) atoms. The average Bonchev–Trinajstić information content (AvgIpc) is 3.63. The number of hydrogen-bond donors (Lipinski definition) is 1. The van der Waals surface area contributed by atoms with Crippen LogP contribution in [0, 0.1) is 40.4 Å². The number of ether oxygens (including phenoxy) is 3. The summed E-state index contributed by atoms with van der Waals surface area (Å²) in [5, 5.41) is 12.1. The molecule has 2 aliphatic heterocycles. The number of aliphatic hydroxyl groups is 1. The molecule has 12 atom stereocenters. The molecule has 0 aromatic rings. The lowest BCUT2D eigenvalue weighted by atomic mass is 9.42. The highest BCUT2D eigenvalue weighted by Crippen LogP contribution is 2.84. The van der Waals surface area contributed by atoms with E-state index in [4.69, 9.17) is 14.2 Å². The lowest BCUT2D eigenvalue weighted by Crippen LogP contribution is -2.72. The third kappa shape index (κ3) is 2.95. The van der Waals surface area contributed by atoms with E-state index in [2.05, 4.69) is 41.5 Å². The Kier molecular flexibility index (Phi) is 5.27. The zero-order valence-electron chi connectivity index (χ0n) is 23.1. The Labute approximate surface area is 212 Å². The topological polar surface area (TPSA) is 71.6 Å². The second-order valence-electron chi connectivity index (χ2n) is 14.5. The molecular weight excluding hydrogens is 440 g/mol. The van der Waals surface area contributed by atoms with Gasteiger partial charge in [-0.2, -0.15) is 0 Å². The monoisotopic (exact) mass is 488 g/mol. The van der Waals surface area contributed by atoms with E-state index >= 15 is 0 Å². The predicted molar refractivity (Wildman–Crippen MR) is 134 cm³/mol. The van der Waals surface area contributed by atoms with E-state index in [1.807, 2.05) is 0 Å². The van der Waals surface area contributed by atoms with Crippen LogP contribution >= 0.6 is 0 Å². The van der Waals surface area contributed by atoms with Crippen LogP contribution in [-0.4, -0.2) is 46.2 Å². The number of carbonyl (C=O) groups excluding carboxylic acids is 1. The van der Waals surface area contributed by atoms with Crippen molar-refractivity contribution in [2.24, 2.45) is 40.4 Å². The largest absolute Gasteiger partial charge is 0.462 e. The number of fused-ring (bicyclic) bond motifs is 2. The summed E-state index contributed by atoms with van der Waals surface area (Å²) in [6.07, 6.45) is 9.09. The fourth-order valence-electron chi connectivity index (χ4n) is 10.4. The average molecular weight is 489 g/mol. The van der Waals surface area contributed by atoms with E-state index in [0.717, 1.165) is 42.9 Å². The zero-order valence-corrected chi connectivity index (χ0v) is 23.1. The summed E-state index contributed by atoms with van der Waals surface area (Å²) in [4.78, 5) is 11.6. The van der Waals surface area contributed by atoms with Crippen LogP contribution in [0.1, 0.15) is 106 Å². The van der Waals surface area contributed by atoms with Crippen LogP contribution in [0.3, 0.4) is 0 Å². The van der Waals surface area contributed by atoms with Gasteiger partial charge in [-0.05, 0) is 67.1 Å². The summed E-state index contributed by atoms with van der Waals surface area (Å²) in [5.74, 6) is 3.24. The molecule has 6 rings (SSSR count). The van der Waals surface area contributed by atoms with Gasteiger partial charge in [-0.1, -0.05) is 54.4 Å². The smallest absolute Gasteiger partial charge is 0.302 e. The molecule has 5 nitrogen and oxygen atoms in total. The molecule has 5 heteroatoms. The third-order valence-corrected chi connectivity index (χ3v) is 12.8. The molecular formula is C30H48O5. The fraction of sp³-hybridized carbons (Fsp3) is 0.967. The van der Waals surface area contributed by atoms with Crippen molar-refractivity contribution in [2.75, 3.05) is 0 Å². The molecule has 4 aliphatic carbocycles. The van der Waals surface area contributed by atoms with Gasteiger partial charge in [0.2, 0.25) is 0 Å². The van der Waals surface area contributed by atoms with Crippen LogP contribution in [-0.2, 0) is 19.0 Å². The second kappa shape index (κ2) is 7.47. The SMILES string of the molecule is CC(=O)O[C@@H]1CC[C@@]2(C)[C@](O)(C1)C[C@H]1O[C@]13[C@H]1CC[C@@H]([C@H](C)CC[C@H](C)C(C)C)[C@@]1(C)C[C@H]1O[C@@]132. The van der Waals surface area contributed by atoms with Gasteiger partial charge in [0.05, 0.1) is 17.8 Å². The predicted octanol–water partition coefficient (Wildman–Crippen LogP) is 5.66. The second-order valence-corrected chi connectivity index (χ2v) is 14.5. The van der Waals surface area contributed by atoms with Crippen LogP contribution < -0.4 is 0 Å². The van der Waals surface area contributed by atoms with Crippen molar-refractivity contribution in [3.63, 3.8) is 0 Å². The van der Waals surface area contributed by atoms with Crippen molar-refractivity contribution in [3.8, 4) is 0 Å². The highest BCUT2D eigenvalue weighted by molar-refractivity contribution is 5.66. The van der Waals surface area contributed by atoms with Gasteiger partial charge in [0, 0.05) is 25.2 Å². The molecule has 0 radical (unpaired) electrons. The summed E-state index contributed by atoms with van der Waals surface area (Å²) in [7, 11) is 0. The Hall–Kier alpha value is -0.650. The van der Waals surface area contributed by atoms with Gasteiger partial charge in [0.1, 0.15) is 17.3 Å². The first-order valence-corrected chi connectivity index (χ1v) is 14.6. The molecule has 6 aliphatic rings. The lowest BCUT2D eigenvalue weighted by molar-refractivity contribution is -0.209. The molecule has 1 N–H and O–H groups in total. The quantitative estimate of drug-likeness (QED) is 0.386. The number of rotatable bonds is 6.